The van der Waals surface area contributed by atoms with E-state index in [2.05, 4.69) is 30.9 Å². The van der Waals surface area contributed by atoms with Crippen molar-refractivity contribution in [1.29, 1.82) is 0 Å². The van der Waals surface area contributed by atoms with Gasteiger partial charge in [-0.1, -0.05) is 60.7 Å². The van der Waals surface area contributed by atoms with E-state index >= 15 is 0 Å². The Bertz CT molecular complexity index is 1850. The number of nitrogens with one attached hydrogen (secondary N) is 3. The summed E-state index contributed by atoms with van der Waals surface area (Å²) in [4.78, 5) is 45.2. The number of likely N-dealkylation sites (N-methyl/N-ethyl adjacent to an activating group) is 1. The number of pyridine rings is 1. The fourth-order valence-electron chi connectivity index (χ4n) is 5.43. The van der Waals surface area contributed by atoms with Gasteiger partial charge >= 0.3 is 6.03 Å². The van der Waals surface area contributed by atoms with Crippen LogP contribution in [0.1, 0.15) is 49.4 Å². The Morgan fingerprint density at radius 3 is 2.37 bits per heavy atom. The van der Waals surface area contributed by atoms with E-state index in [0.717, 1.165) is 38.6 Å². The van der Waals surface area contributed by atoms with Gasteiger partial charge in [0.15, 0.2) is 0 Å². The smallest absolute Gasteiger partial charge is 0.323 e. The van der Waals surface area contributed by atoms with Crippen LogP contribution in [0.3, 0.4) is 0 Å². The number of rotatable bonds is 19. The lowest BCUT2D eigenvalue weighted by atomic mass is 9.98. The van der Waals surface area contributed by atoms with Gasteiger partial charge in [-0.2, -0.15) is 5.10 Å². The van der Waals surface area contributed by atoms with Gasteiger partial charge in [0.2, 0.25) is 0 Å². The zero-order valence-electron chi connectivity index (χ0n) is 29.3. The Balaban J connectivity index is 1.51. The van der Waals surface area contributed by atoms with Crippen molar-refractivity contribution in [3.05, 3.63) is 86.9 Å². The third-order valence-electron chi connectivity index (χ3n) is 8.16. The molecule has 15 heteroatoms. The maximum Gasteiger partial charge on any atom is 0.323 e. The average Bonchev–Trinajstić information content (AvgIpc) is 3.14. The highest BCUT2D eigenvalue weighted by Crippen LogP contribution is 2.34. The fourth-order valence-corrected chi connectivity index (χ4v) is 5.89. The second-order valence-electron chi connectivity index (χ2n) is 12.0. The summed E-state index contributed by atoms with van der Waals surface area (Å²) in [5, 5.41) is 31.4. The first-order valence-electron chi connectivity index (χ1n) is 17.2. The molecule has 0 aliphatic heterocycles. The van der Waals surface area contributed by atoms with Gasteiger partial charge in [0.05, 0.1) is 34.6 Å². The Hall–Kier alpha value is -4.53. The normalized spacial score (nSPS) is 11.1. The molecule has 0 bridgehead atoms. The number of unbranched alkanes of at least 4 members (excludes halogenated alkanes) is 4. The third-order valence-corrected chi connectivity index (χ3v) is 8.73. The van der Waals surface area contributed by atoms with Crippen molar-refractivity contribution in [3.8, 4) is 28.1 Å². The molecular weight excluding hydrogens is 709 g/mol. The second-order valence-corrected chi connectivity index (χ2v) is 12.9. The molecule has 0 atom stereocenters. The van der Waals surface area contributed by atoms with Crippen LogP contribution in [-0.2, 0) is 6.54 Å². The van der Waals surface area contributed by atoms with Gasteiger partial charge < -0.3 is 35.8 Å². The molecule has 2 heterocycles. The molecule has 13 nitrogen and oxygen atoms in total. The van der Waals surface area contributed by atoms with Crippen molar-refractivity contribution in [2.75, 3.05) is 57.1 Å². The number of aromatic nitrogens is 3. The zero-order chi connectivity index (χ0) is 37.5. The number of nitrogens with zero attached hydrogens (tertiary/aromatic N) is 4. The number of ether oxygens (including phenoxy) is 1. The molecule has 0 saturated heterocycles. The molecule has 0 aliphatic rings. The van der Waals surface area contributed by atoms with Crippen LogP contribution in [0.4, 0.5) is 16.2 Å². The number of aliphatic hydroxyl groups excluding tert-OH is 2. The number of benzene rings is 2. The van der Waals surface area contributed by atoms with Crippen LogP contribution in [-0.4, -0.2) is 88.3 Å². The summed E-state index contributed by atoms with van der Waals surface area (Å²) in [6.07, 6.45) is 7.78. The summed E-state index contributed by atoms with van der Waals surface area (Å²) in [7, 11) is 2.00. The van der Waals surface area contributed by atoms with Gasteiger partial charge in [-0.25, -0.2) is 9.48 Å². The van der Waals surface area contributed by atoms with Crippen molar-refractivity contribution in [2.24, 2.45) is 0 Å². The fraction of sp³-hybridized carbons (Fsp3) is 0.378. The third kappa shape index (κ3) is 11.5. The van der Waals surface area contributed by atoms with Gasteiger partial charge in [-0.15, -0.1) is 0 Å². The number of hydrogen-bond acceptors (Lipinski definition) is 9. The molecule has 0 saturated carbocycles. The van der Waals surface area contributed by atoms with Crippen LogP contribution in [0.25, 0.3) is 22.4 Å². The molecule has 278 valence electrons. The molecule has 0 fully saturated rings. The van der Waals surface area contributed by atoms with Crippen LogP contribution < -0.4 is 26.2 Å². The maximum absolute atomic E-state index is 13.2. The number of halogens is 2. The van der Waals surface area contributed by atoms with E-state index < -0.39 is 11.6 Å². The minimum atomic E-state index is -0.736. The summed E-state index contributed by atoms with van der Waals surface area (Å²) >= 11 is 12.3. The molecule has 0 radical (unpaired) electrons. The predicted molar refractivity (Wildman–Crippen MR) is 205 cm³/mol. The van der Waals surface area contributed by atoms with Crippen LogP contribution in [0.2, 0.25) is 10.0 Å². The molecule has 2 aromatic heterocycles. The number of aryl methyl sites for hydroxylation is 1. The number of amides is 3. The first kappa shape index (κ1) is 40.2. The number of hydrogen-bond donors (Lipinski definition) is 5. The molecule has 2 aromatic carbocycles. The largest absolute Gasteiger partial charge is 0.491 e. The second kappa shape index (κ2) is 20.5. The summed E-state index contributed by atoms with van der Waals surface area (Å²) in [6.45, 7) is 4.23. The van der Waals surface area contributed by atoms with E-state index in [9.17, 15) is 19.5 Å². The first-order valence-corrected chi connectivity index (χ1v) is 18.0. The Morgan fingerprint density at radius 1 is 0.904 bits per heavy atom. The number of carbonyl (C=O) groups excluding carboxylic acids is 2. The molecule has 0 aliphatic carbocycles. The Labute approximate surface area is 312 Å². The molecule has 4 aromatic rings. The summed E-state index contributed by atoms with van der Waals surface area (Å²) in [5.74, 6) is 0.267. The highest BCUT2D eigenvalue weighted by atomic mass is 35.5. The predicted octanol–water partition coefficient (Wildman–Crippen LogP) is 5.92. The highest BCUT2D eigenvalue weighted by Gasteiger charge is 2.17. The van der Waals surface area contributed by atoms with Gasteiger partial charge in [0.25, 0.3) is 11.5 Å². The minimum absolute atomic E-state index is 0.0210. The Kier molecular flexibility index (Phi) is 15.9. The van der Waals surface area contributed by atoms with Gasteiger partial charge in [-0.3, -0.25) is 14.6 Å². The van der Waals surface area contributed by atoms with E-state index in [4.69, 9.17) is 33.0 Å². The molecule has 52 heavy (non-hydrogen) atoms. The minimum Gasteiger partial charge on any atom is -0.491 e. The van der Waals surface area contributed by atoms with E-state index in [1.165, 1.54) is 23.1 Å². The Morgan fingerprint density at radius 2 is 1.63 bits per heavy atom. The molecule has 4 rings (SSSR count). The van der Waals surface area contributed by atoms with Crippen LogP contribution in [0.5, 0.6) is 5.75 Å². The lowest BCUT2D eigenvalue weighted by Crippen LogP contribution is -2.29. The zero-order valence-corrected chi connectivity index (χ0v) is 30.8. The van der Waals surface area contributed by atoms with Gasteiger partial charge in [0, 0.05) is 48.7 Å². The first-order chi connectivity index (χ1) is 25.1. The topological polar surface area (TPSA) is 171 Å². The summed E-state index contributed by atoms with van der Waals surface area (Å²) < 4.78 is 7.08. The number of carbonyl (C=O) groups is 2. The number of urea groups is 1. The number of anilines is 2. The molecule has 3 amide bonds. The quantitative estimate of drug-likeness (QED) is 0.0730. The maximum atomic E-state index is 13.2. The summed E-state index contributed by atoms with van der Waals surface area (Å²) in [6, 6.07) is 13.2. The molecular formula is C37H45Cl2N7O6. The standard InChI is InChI=1S/C37H45Cl2N7O6/c1-3-46-36(50)32(42-37(51)43-34-29(38)23-40-24-30(34)39)22-31(44-46)26-11-9-10-25(20-26)28-21-27(12-13-33(28)52-19-18-48)35(49)41-14-7-5-4-6-8-15-45(2)16-17-47/h9-13,20-24,47-48H,3-8,14-19H2,1-2H3,(H,41,49)(H2,40,42,43,51). The molecule has 5 N–H and O–H groups in total. The van der Waals surface area contributed by atoms with E-state index in [1.807, 2.05) is 31.3 Å². The van der Waals surface area contributed by atoms with Crippen LogP contribution in [0.15, 0.2) is 65.7 Å². The van der Waals surface area contributed by atoms with E-state index in [0.29, 0.717) is 46.8 Å². The average molecular weight is 755 g/mol. The summed E-state index contributed by atoms with van der Waals surface area (Å²) in [5.41, 5.74) is 2.44. The molecule has 0 spiro atoms. The van der Waals surface area contributed by atoms with Gasteiger partial charge in [0.1, 0.15) is 18.0 Å². The van der Waals surface area contributed by atoms with Crippen LogP contribution in [0, 0.1) is 0 Å². The van der Waals surface area contributed by atoms with Gasteiger partial charge in [-0.05, 0) is 69.3 Å². The highest BCUT2D eigenvalue weighted by molar-refractivity contribution is 6.39. The van der Waals surface area contributed by atoms with Crippen molar-refractivity contribution >= 4 is 46.5 Å². The van der Waals surface area contributed by atoms with E-state index in [-0.39, 0.29) is 53.7 Å². The van der Waals surface area contributed by atoms with Crippen molar-refractivity contribution in [1.82, 2.24) is 25.0 Å². The van der Waals surface area contributed by atoms with Crippen molar-refractivity contribution in [3.63, 3.8) is 0 Å². The van der Waals surface area contributed by atoms with Crippen molar-refractivity contribution < 1.29 is 24.5 Å². The number of aliphatic hydroxyl groups is 2. The molecule has 0 unspecified atom stereocenters. The SMILES string of the molecule is CCn1nc(-c2cccc(-c3cc(C(=O)NCCCCCCCN(C)CCO)ccc3OCCO)c2)cc(NC(=O)Nc2c(Cl)cncc2Cl)c1=O. The van der Waals surface area contributed by atoms with Crippen molar-refractivity contribution in [2.45, 2.75) is 45.6 Å². The lowest BCUT2D eigenvalue weighted by molar-refractivity contribution is 0.0952. The van der Waals surface area contributed by atoms with E-state index in [1.54, 1.807) is 25.1 Å². The monoisotopic (exact) mass is 753 g/mol. The lowest BCUT2D eigenvalue weighted by Gasteiger charge is -2.15. The van der Waals surface area contributed by atoms with Crippen LogP contribution >= 0.6 is 23.2 Å².